The maximum Gasteiger partial charge on any atom is 0.339 e. The standard InChI is InChI=1S/C11H10BrN3O2/c1-7-9(11(16)17-2)3-4-10(14-7)15-6-8(12)5-13-15/h3-6H,1-2H3. The molecule has 0 aliphatic rings. The minimum atomic E-state index is -0.386. The molecule has 0 spiro atoms. The molecule has 0 saturated carbocycles. The summed E-state index contributed by atoms with van der Waals surface area (Å²) in [5, 5.41) is 4.11. The minimum Gasteiger partial charge on any atom is -0.465 e. The SMILES string of the molecule is COC(=O)c1ccc(-n2cc(Br)cn2)nc1C. The predicted octanol–water partition coefficient (Wildman–Crippen LogP) is 2.12. The molecule has 2 aromatic rings. The third-order valence-corrected chi connectivity index (χ3v) is 2.67. The maximum atomic E-state index is 11.4. The second-order valence-corrected chi connectivity index (χ2v) is 4.31. The van der Waals surface area contributed by atoms with Gasteiger partial charge in [0.05, 0.1) is 29.0 Å². The summed E-state index contributed by atoms with van der Waals surface area (Å²) < 4.78 is 7.15. The number of nitrogens with zero attached hydrogens (tertiary/aromatic N) is 3. The van der Waals surface area contributed by atoms with E-state index in [9.17, 15) is 4.79 Å². The van der Waals surface area contributed by atoms with E-state index in [4.69, 9.17) is 0 Å². The van der Waals surface area contributed by atoms with Gasteiger partial charge >= 0.3 is 5.97 Å². The van der Waals surface area contributed by atoms with Crippen molar-refractivity contribution in [1.29, 1.82) is 0 Å². The summed E-state index contributed by atoms with van der Waals surface area (Å²) >= 11 is 3.31. The fourth-order valence-electron chi connectivity index (χ4n) is 1.43. The molecule has 2 aromatic heterocycles. The van der Waals surface area contributed by atoms with Gasteiger partial charge in [0.1, 0.15) is 0 Å². The largest absolute Gasteiger partial charge is 0.465 e. The highest BCUT2D eigenvalue weighted by molar-refractivity contribution is 9.10. The normalized spacial score (nSPS) is 10.3. The van der Waals surface area contributed by atoms with E-state index < -0.39 is 0 Å². The highest BCUT2D eigenvalue weighted by Crippen LogP contribution is 2.13. The minimum absolute atomic E-state index is 0.386. The van der Waals surface area contributed by atoms with Gasteiger partial charge in [0.25, 0.3) is 0 Å². The molecule has 0 amide bonds. The lowest BCUT2D eigenvalue weighted by atomic mass is 10.2. The summed E-state index contributed by atoms with van der Waals surface area (Å²) in [4.78, 5) is 15.7. The van der Waals surface area contributed by atoms with E-state index in [-0.39, 0.29) is 5.97 Å². The molecule has 0 saturated heterocycles. The third kappa shape index (κ3) is 2.36. The summed E-state index contributed by atoms with van der Waals surface area (Å²) in [6.07, 6.45) is 3.46. The molecule has 17 heavy (non-hydrogen) atoms. The number of methoxy groups -OCH3 is 1. The third-order valence-electron chi connectivity index (χ3n) is 2.26. The summed E-state index contributed by atoms with van der Waals surface area (Å²) in [6.45, 7) is 1.76. The fourth-order valence-corrected chi connectivity index (χ4v) is 1.71. The van der Waals surface area contributed by atoms with Crippen LogP contribution in [0.3, 0.4) is 0 Å². The van der Waals surface area contributed by atoms with E-state index in [1.54, 1.807) is 36.1 Å². The molecule has 0 aliphatic heterocycles. The highest BCUT2D eigenvalue weighted by Gasteiger charge is 2.11. The zero-order valence-electron chi connectivity index (χ0n) is 9.35. The van der Waals surface area contributed by atoms with Crippen LogP contribution in [0.4, 0.5) is 0 Å². The molecule has 0 N–H and O–H groups in total. The van der Waals surface area contributed by atoms with Crippen LogP contribution in [-0.4, -0.2) is 27.8 Å². The van der Waals surface area contributed by atoms with Gasteiger partial charge in [-0.25, -0.2) is 14.5 Å². The van der Waals surface area contributed by atoms with Crippen molar-refractivity contribution in [3.05, 3.63) is 40.3 Å². The van der Waals surface area contributed by atoms with E-state index in [2.05, 4.69) is 30.7 Å². The Kier molecular flexibility index (Phi) is 3.23. The van der Waals surface area contributed by atoms with E-state index in [1.807, 2.05) is 0 Å². The van der Waals surface area contributed by atoms with Gasteiger partial charge in [-0.3, -0.25) is 0 Å². The fraction of sp³-hybridized carbons (Fsp3) is 0.182. The van der Waals surface area contributed by atoms with Crippen molar-refractivity contribution in [2.75, 3.05) is 7.11 Å². The Balaban J connectivity index is 2.40. The van der Waals surface area contributed by atoms with Crippen molar-refractivity contribution in [1.82, 2.24) is 14.8 Å². The van der Waals surface area contributed by atoms with Crippen molar-refractivity contribution in [2.24, 2.45) is 0 Å². The van der Waals surface area contributed by atoms with Crippen LogP contribution in [0, 0.1) is 6.92 Å². The number of esters is 1. The zero-order chi connectivity index (χ0) is 12.4. The van der Waals surface area contributed by atoms with Gasteiger partial charge < -0.3 is 4.74 Å². The van der Waals surface area contributed by atoms with Crippen LogP contribution in [0.25, 0.3) is 5.82 Å². The molecule has 0 fully saturated rings. The Bertz CT molecular complexity index is 566. The Morgan fingerprint density at radius 2 is 2.24 bits per heavy atom. The molecule has 2 heterocycles. The first-order valence-corrected chi connectivity index (χ1v) is 5.67. The van der Waals surface area contributed by atoms with Crippen LogP contribution in [0.2, 0.25) is 0 Å². The monoisotopic (exact) mass is 295 g/mol. The van der Waals surface area contributed by atoms with Crippen molar-refractivity contribution in [3.63, 3.8) is 0 Å². The quantitative estimate of drug-likeness (QED) is 0.797. The van der Waals surface area contributed by atoms with Gasteiger partial charge in [0.15, 0.2) is 5.82 Å². The molecule has 0 aliphatic carbocycles. The summed E-state index contributed by atoms with van der Waals surface area (Å²) in [5.74, 6) is 0.268. The number of pyridine rings is 1. The molecular weight excluding hydrogens is 286 g/mol. The second kappa shape index (κ2) is 4.67. The number of hydrogen-bond acceptors (Lipinski definition) is 4. The molecular formula is C11H10BrN3O2. The van der Waals surface area contributed by atoms with E-state index in [1.165, 1.54) is 7.11 Å². The Morgan fingerprint density at radius 3 is 2.76 bits per heavy atom. The summed E-state index contributed by atoms with van der Waals surface area (Å²) in [6, 6.07) is 3.40. The molecule has 88 valence electrons. The van der Waals surface area contributed by atoms with Gasteiger partial charge in [-0.2, -0.15) is 5.10 Å². The van der Waals surface area contributed by atoms with E-state index >= 15 is 0 Å². The number of rotatable bonds is 2. The molecule has 0 atom stereocenters. The summed E-state index contributed by atoms with van der Waals surface area (Å²) in [7, 11) is 1.35. The van der Waals surface area contributed by atoms with Crippen molar-refractivity contribution in [2.45, 2.75) is 6.92 Å². The van der Waals surface area contributed by atoms with Gasteiger partial charge in [-0.05, 0) is 35.0 Å². The van der Waals surface area contributed by atoms with Crippen LogP contribution >= 0.6 is 15.9 Å². The first kappa shape index (κ1) is 11.8. The predicted molar refractivity (Wildman–Crippen MR) is 65.1 cm³/mol. The average Bonchev–Trinajstić information content (AvgIpc) is 2.75. The number of halogens is 1. The molecule has 5 nitrogen and oxygen atoms in total. The lowest BCUT2D eigenvalue weighted by Crippen LogP contribution is -2.07. The first-order valence-electron chi connectivity index (χ1n) is 4.88. The van der Waals surface area contributed by atoms with Crippen LogP contribution in [-0.2, 0) is 4.74 Å². The molecule has 0 bridgehead atoms. The number of aryl methyl sites for hydroxylation is 1. The average molecular weight is 296 g/mol. The Morgan fingerprint density at radius 1 is 1.47 bits per heavy atom. The smallest absolute Gasteiger partial charge is 0.339 e. The van der Waals surface area contributed by atoms with Crippen LogP contribution in [0.1, 0.15) is 16.1 Å². The van der Waals surface area contributed by atoms with Gasteiger partial charge in [-0.1, -0.05) is 0 Å². The number of carbonyl (C=O) groups is 1. The maximum absolute atomic E-state index is 11.4. The Labute approximate surface area is 107 Å². The van der Waals surface area contributed by atoms with Crippen molar-refractivity contribution >= 4 is 21.9 Å². The zero-order valence-corrected chi connectivity index (χ0v) is 10.9. The second-order valence-electron chi connectivity index (χ2n) is 3.40. The lowest BCUT2D eigenvalue weighted by Gasteiger charge is -2.05. The van der Waals surface area contributed by atoms with Gasteiger partial charge in [0, 0.05) is 6.20 Å². The van der Waals surface area contributed by atoms with Crippen molar-refractivity contribution in [3.8, 4) is 5.82 Å². The Hall–Kier alpha value is -1.69. The van der Waals surface area contributed by atoms with E-state index in [0.29, 0.717) is 17.1 Å². The van der Waals surface area contributed by atoms with E-state index in [0.717, 1.165) is 4.47 Å². The molecule has 2 rings (SSSR count). The highest BCUT2D eigenvalue weighted by atomic mass is 79.9. The topological polar surface area (TPSA) is 57.0 Å². The molecule has 0 radical (unpaired) electrons. The number of aromatic nitrogens is 3. The van der Waals surface area contributed by atoms with Gasteiger partial charge in [-0.15, -0.1) is 0 Å². The number of ether oxygens (including phenoxy) is 1. The molecule has 6 heteroatoms. The number of carbonyl (C=O) groups excluding carboxylic acids is 1. The number of hydrogen-bond donors (Lipinski definition) is 0. The van der Waals surface area contributed by atoms with Crippen LogP contribution < -0.4 is 0 Å². The van der Waals surface area contributed by atoms with Crippen molar-refractivity contribution < 1.29 is 9.53 Å². The lowest BCUT2D eigenvalue weighted by molar-refractivity contribution is 0.0599. The summed E-state index contributed by atoms with van der Waals surface area (Å²) in [5.41, 5.74) is 1.07. The van der Waals surface area contributed by atoms with Crippen LogP contribution in [0.15, 0.2) is 29.0 Å². The molecule has 0 unspecified atom stereocenters. The first-order chi connectivity index (χ1) is 8.11. The van der Waals surface area contributed by atoms with Crippen LogP contribution in [0.5, 0.6) is 0 Å². The van der Waals surface area contributed by atoms with Gasteiger partial charge in [0.2, 0.25) is 0 Å². The molecule has 0 aromatic carbocycles.